The van der Waals surface area contributed by atoms with Crippen LogP contribution in [0.5, 0.6) is 0 Å². The maximum Gasteiger partial charge on any atom is 0.0449 e. The number of nitrogens with zero attached hydrogens (tertiary/aromatic N) is 1. The number of piperazine rings is 1. The molecule has 2 rings (SSSR count). The van der Waals surface area contributed by atoms with E-state index in [0.29, 0.717) is 6.04 Å². The van der Waals surface area contributed by atoms with Crippen LogP contribution in [-0.4, -0.2) is 42.8 Å². The molecule has 3 nitrogen and oxygen atoms in total. The molecule has 1 atom stereocenters. The van der Waals surface area contributed by atoms with Gasteiger partial charge in [-0.2, -0.15) is 0 Å². The van der Waals surface area contributed by atoms with Crippen molar-refractivity contribution in [2.75, 3.05) is 32.8 Å². The highest BCUT2D eigenvalue weighted by Gasteiger charge is 2.23. The zero-order chi connectivity index (χ0) is 13.0. The van der Waals surface area contributed by atoms with Crippen molar-refractivity contribution in [1.82, 2.24) is 10.2 Å². The third-order valence-corrected chi connectivity index (χ3v) is 4.09. The molecule has 0 spiro atoms. The summed E-state index contributed by atoms with van der Waals surface area (Å²) in [4.78, 5) is 2.47. The van der Waals surface area contributed by atoms with Crippen molar-refractivity contribution in [3.63, 3.8) is 0 Å². The zero-order valence-corrected chi connectivity index (χ0v) is 12.4. The second-order valence-corrected chi connectivity index (χ2v) is 5.73. The molecular formula is C14H21BrN2O. The lowest BCUT2D eigenvalue weighted by Gasteiger charge is -2.35. The molecule has 4 heteroatoms. The Bertz CT molecular complexity index is 391. The highest BCUT2D eigenvalue weighted by Crippen LogP contribution is 2.29. The predicted octanol–water partition coefficient (Wildman–Crippen LogP) is 2.09. The third kappa shape index (κ3) is 3.32. The summed E-state index contributed by atoms with van der Waals surface area (Å²) in [5.41, 5.74) is 2.63. The van der Waals surface area contributed by atoms with Crippen LogP contribution in [0, 0.1) is 6.92 Å². The van der Waals surface area contributed by atoms with Crippen LogP contribution in [0.3, 0.4) is 0 Å². The Hall–Kier alpha value is -0.420. The van der Waals surface area contributed by atoms with E-state index < -0.39 is 0 Å². The first-order chi connectivity index (χ1) is 8.72. The van der Waals surface area contributed by atoms with Gasteiger partial charge in [-0.3, -0.25) is 4.90 Å². The van der Waals surface area contributed by atoms with Crippen molar-refractivity contribution in [2.45, 2.75) is 19.4 Å². The van der Waals surface area contributed by atoms with Gasteiger partial charge >= 0.3 is 0 Å². The van der Waals surface area contributed by atoms with Gasteiger partial charge in [0.2, 0.25) is 0 Å². The minimum Gasteiger partial charge on any atom is -0.396 e. The molecule has 0 unspecified atom stereocenters. The molecule has 1 aliphatic rings. The highest BCUT2D eigenvalue weighted by molar-refractivity contribution is 9.10. The van der Waals surface area contributed by atoms with E-state index in [0.717, 1.165) is 37.1 Å². The van der Waals surface area contributed by atoms with Gasteiger partial charge in [-0.05, 0) is 36.6 Å². The Morgan fingerprint density at radius 3 is 2.78 bits per heavy atom. The Kier molecular flexibility index (Phi) is 5.18. The van der Waals surface area contributed by atoms with E-state index in [4.69, 9.17) is 0 Å². The summed E-state index contributed by atoms with van der Waals surface area (Å²) in [7, 11) is 0. The van der Waals surface area contributed by atoms with E-state index in [2.05, 4.69) is 51.3 Å². The van der Waals surface area contributed by atoms with Gasteiger partial charge < -0.3 is 10.4 Å². The lowest BCUT2D eigenvalue weighted by atomic mass is 9.97. The van der Waals surface area contributed by atoms with Crippen LogP contribution in [0.15, 0.2) is 22.7 Å². The van der Waals surface area contributed by atoms with Crippen LogP contribution < -0.4 is 5.32 Å². The summed E-state index contributed by atoms with van der Waals surface area (Å²) in [5, 5.41) is 12.7. The van der Waals surface area contributed by atoms with Crippen molar-refractivity contribution in [3.05, 3.63) is 33.8 Å². The number of nitrogens with one attached hydrogen (secondary N) is 1. The summed E-state index contributed by atoms with van der Waals surface area (Å²) in [5.74, 6) is 0. The van der Waals surface area contributed by atoms with E-state index >= 15 is 0 Å². The SMILES string of the molecule is Cc1ccc(Br)cc1[C@@H](CCO)N1CCNCC1. The minimum absolute atomic E-state index is 0.237. The molecule has 0 bridgehead atoms. The van der Waals surface area contributed by atoms with Gasteiger partial charge in [-0.1, -0.05) is 22.0 Å². The van der Waals surface area contributed by atoms with Crippen LogP contribution >= 0.6 is 15.9 Å². The maximum atomic E-state index is 9.33. The maximum absolute atomic E-state index is 9.33. The number of hydrogen-bond donors (Lipinski definition) is 2. The van der Waals surface area contributed by atoms with Gasteiger partial charge in [0.1, 0.15) is 0 Å². The fourth-order valence-electron chi connectivity index (χ4n) is 2.62. The van der Waals surface area contributed by atoms with E-state index in [1.807, 2.05) is 0 Å². The number of aliphatic hydroxyl groups excluding tert-OH is 1. The minimum atomic E-state index is 0.237. The van der Waals surface area contributed by atoms with Crippen molar-refractivity contribution in [3.8, 4) is 0 Å². The van der Waals surface area contributed by atoms with Crippen molar-refractivity contribution < 1.29 is 5.11 Å². The van der Waals surface area contributed by atoms with E-state index in [-0.39, 0.29) is 6.61 Å². The lowest BCUT2D eigenvalue weighted by Crippen LogP contribution is -2.45. The van der Waals surface area contributed by atoms with Gasteiger partial charge in [0.15, 0.2) is 0 Å². The fourth-order valence-corrected chi connectivity index (χ4v) is 3.00. The topological polar surface area (TPSA) is 35.5 Å². The largest absolute Gasteiger partial charge is 0.396 e. The molecule has 0 saturated carbocycles. The first-order valence-electron chi connectivity index (χ1n) is 6.54. The first kappa shape index (κ1) is 14.0. The van der Waals surface area contributed by atoms with E-state index in [9.17, 15) is 5.11 Å². The van der Waals surface area contributed by atoms with Crippen LogP contribution in [0.2, 0.25) is 0 Å². The van der Waals surface area contributed by atoms with E-state index in [1.54, 1.807) is 0 Å². The van der Waals surface area contributed by atoms with Crippen molar-refractivity contribution in [1.29, 1.82) is 0 Å². The predicted molar refractivity (Wildman–Crippen MR) is 77.8 cm³/mol. The molecule has 2 N–H and O–H groups in total. The Balaban J connectivity index is 2.24. The second-order valence-electron chi connectivity index (χ2n) is 4.81. The molecule has 1 heterocycles. The number of rotatable bonds is 4. The molecule has 1 aliphatic heterocycles. The average Bonchev–Trinajstić information content (AvgIpc) is 2.40. The third-order valence-electron chi connectivity index (χ3n) is 3.60. The van der Waals surface area contributed by atoms with Gasteiger partial charge in [0, 0.05) is 43.3 Å². The van der Waals surface area contributed by atoms with Crippen LogP contribution in [0.4, 0.5) is 0 Å². The standard InChI is InChI=1S/C14H21BrN2O/c1-11-2-3-12(15)10-13(11)14(4-9-18)17-7-5-16-6-8-17/h2-3,10,14,16,18H,4-9H2,1H3/t14-/m1/s1. The molecular weight excluding hydrogens is 292 g/mol. The Labute approximate surface area is 117 Å². The number of aliphatic hydroxyl groups is 1. The molecule has 0 aromatic heterocycles. The molecule has 1 aromatic carbocycles. The van der Waals surface area contributed by atoms with Gasteiger partial charge in [0.05, 0.1) is 0 Å². The summed E-state index contributed by atoms with van der Waals surface area (Å²) < 4.78 is 1.11. The molecule has 1 fully saturated rings. The molecule has 1 aromatic rings. The smallest absolute Gasteiger partial charge is 0.0449 e. The molecule has 0 radical (unpaired) electrons. The number of halogens is 1. The zero-order valence-electron chi connectivity index (χ0n) is 10.8. The molecule has 0 aliphatic carbocycles. The molecule has 100 valence electrons. The van der Waals surface area contributed by atoms with Crippen LogP contribution in [0.25, 0.3) is 0 Å². The van der Waals surface area contributed by atoms with Crippen LogP contribution in [0.1, 0.15) is 23.6 Å². The number of benzene rings is 1. The van der Waals surface area contributed by atoms with Gasteiger partial charge in [-0.15, -0.1) is 0 Å². The average molecular weight is 313 g/mol. The summed E-state index contributed by atoms with van der Waals surface area (Å²) in [6.07, 6.45) is 0.803. The van der Waals surface area contributed by atoms with Crippen molar-refractivity contribution in [2.24, 2.45) is 0 Å². The first-order valence-corrected chi connectivity index (χ1v) is 7.33. The van der Waals surface area contributed by atoms with Gasteiger partial charge in [-0.25, -0.2) is 0 Å². The quantitative estimate of drug-likeness (QED) is 0.893. The van der Waals surface area contributed by atoms with Crippen molar-refractivity contribution >= 4 is 15.9 Å². The highest BCUT2D eigenvalue weighted by atomic mass is 79.9. The fraction of sp³-hybridized carbons (Fsp3) is 0.571. The normalized spacial score (nSPS) is 18.8. The lowest BCUT2D eigenvalue weighted by molar-refractivity contribution is 0.140. The number of hydrogen-bond acceptors (Lipinski definition) is 3. The van der Waals surface area contributed by atoms with E-state index in [1.165, 1.54) is 11.1 Å². The Morgan fingerprint density at radius 1 is 1.39 bits per heavy atom. The second kappa shape index (κ2) is 6.66. The summed E-state index contributed by atoms with van der Waals surface area (Å²) >= 11 is 3.55. The Morgan fingerprint density at radius 2 is 2.11 bits per heavy atom. The number of aryl methyl sites for hydroxylation is 1. The summed E-state index contributed by atoms with van der Waals surface area (Å²) in [6, 6.07) is 6.74. The molecule has 18 heavy (non-hydrogen) atoms. The summed E-state index contributed by atoms with van der Waals surface area (Å²) in [6.45, 7) is 6.56. The monoisotopic (exact) mass is 312 g/mol. The van der Waals surface area contributed by atoms with Crippen LogP contribution in [-0.2, 0) is 0 Å². The molecule has 0 amide bonds. The van der Waals surface area contributed by atoms with Gasteiger partial charge in [0.25, 0.3) is 0 Å². The molecule has 1 saturated heterocycles.